The van der Waals surface area contributed by atoms with Crippen molar-refractivity contribution in [2.75, 3.05) is 33.3 Å². The molecule has 21 heavy (non-hydrogen) atoms. The summed E-state index contributed by atoms with van der Waals surface area (Å²) in [7, 11) is 1.60. The number of nitrogens with two attached hydrogens (primary N) is 1. The Balaban J connectivity index is 1.95. The van der Waals surface area contributed by atoms with E-state index in [1.54, 1.807) is 13.2 Å². The van der Waals surface area contributed by atoms with Crippen molar-refractivity contribution in [3.8, 4) is 5.75 Å². The minimum absolute atomic E-state index is 0.143. The summed E-state index contributed by atoms with van der Waals surface area (Å²) >= 11 is 0. The summed E-state index contributed by atoms with van der Waals surface area (Å²) in [5.41, 5.74) is 6.24. The van der Waals surface area contributed by atoms with Crippen molar-refractivity contribution in [1.82, 2.24) is 0 Å². The van der Waals surface area contributed by atoms with Gasteiger partial charge in [0.2, 0.25) is 0 Å². The lowest BCUT2D eigenvalue weighted by atomic mass is 10.1. The van der Waals surface area contributed by atoms with Gasteiger partial charge in [0.15, 0.2) is 6.04 Å². The molecule has 1 saturated heterocycles. The molecule has 1 aromatic rings. The third kappa shape index (κ3) is 3.92. The van der Waals surface area contributed by atoms with Crippen LogP contribution in [0.4, 0.5) is 4.39 Å². The lowest BCUT2D eigenvalue weighted by Gasteiger charge is -2.32. The number of methoxy groups -OCH3 is 1. The first-order chi connectivity index (χ1) is 10.0. The molecule has 1 amide bonds. The lowest BCUT2D eigenvalue weighted by molar-refractivity contribution is -1.02. The van der Waals surface area contributed by atoms with Crippen LogP contribution in [0.1, 0.15) is 12.5 Å². The third-order valence-electron chi connectivity index (χ3n) is 4.32. The zero-order valence-electron chi connectivity index (χ0n) is 12.6. The SMILES string of the molecule is COc1ccc(F)cc1C[NH+]1CC[NH+]([C@@H](C)C(N)=O)CC1. The number of halogens is 1. The van der Waals surface area contributed by atoms with Crippen LogP contribution < -0.4 is 20.3 Å². The summed E-state index contributed by atoms with van der Waals surface area (Å²) in [5.74, 6) is 0.237. The van der Waals surface area contributed by atoms with Gasteiger partial charge in [-0.1, -0.05) is 0 Å². The second-order valence-corrected chi connectivity index (χ2v) is 5.67. The number of nitrogens with one attached hydrogen (secondary N) is 2. The Morgan fingerprint density at radius 3 is 2.62 bits per heavy atom. The smallest absolute Gasteiger partial charge is 0.275 e. The molecule has 0 aromatic heterocycles. The molecule has 4 N–H and O–H groups in total. The maximum Gasteiger partial charge on any atom is 0.275 e. The Hall–Kier alpha value is -1.66. The number of amides is 1. The molecule has 2 rings (SSSR count). The van der Waals surface area contributed by atoms with Gasteiger partial charge in [-0.2, -0.15) is 0 Å². The van der Waals surface area contributed by atoms with Gasteiger partial charge >= 0.3 is 0 Å². The van der Waals surface area contributed by atoms with Crippen LogP contribution in [0.2, 0.25) is 0 Å². The molecule has 116 valence electrons. The number of hydrogen-bond acceptors (Lipinski definition) is 2. The normalized spacial score (nSPS) is 23.6. The maximum absolute atomic E-state index is 13.4. The highest BCUT2D eigenvalue weighted by molar-refractivity contribution is 5.77. The average Bonchev–Trinajstić information content (AvgIpc) is 2.47. The van der Waals surface area contributed by atoms with E-state index in [-0.39, 0.29) is 17.8 Å². The molecular formula is C15H24FN3O2+2. The number of rotatable bonds is 5. The van der Waals surface area contributed by atoms with E-state index in [2.05, 4.69) is 0 Å². The van der Waals surface area contributed by atoms with E-state index in [9.17, 15) is 9.18 Å². The van der Waals surface area contributed by atoms with Gasteiger partial charge in [0, 0.05) is 0 Å². The zero-order chi connectivity index (χ0) is 15.4. The predicted molar refractivity (Wildman–Crippen MR) is 76.7 cm³/mol. The highest BCUT2D eigenvalue weighted by Crippen LogP contribution is 2.18. The fourth-order valence-corrected chi connectivity index (χ4v) is 2.89. The van der Waals surface area contributed by atoms with E-state index in [0.29, 0.717) is 0 Å². The molecular weight excluding hydrogens is 273 g/mol. The van der Waals surface area contributed by atoms with E-state index in [1.165, 1.54) is 21.9 Å². The van der Waals surface area contributed by atoms with Gasteiger partial charge in [0.05, 0.1) is 12.7 Å². The number of primary amides is 1. The van der Waals surface area contributed by atoms with Crippen LogP contribution in [-0.4, -0.2) is 45.2 Å². The largest absolute Gasteiger partial charge is 0.496 e. The van der Waals surface area contributed by atoms with Gasteiger partial charge in [0.25, 0.3) is 5.91 Å². The summed E-state index contributed by atoms with van der Waals surface area (Å²) in [6, 6.07) is 4.47. The van der Waals surface area contributed by atoms with Gasteiger partial charge in [-0.3, -0.25) is 4.79 Å². The van der Waals surface area contributed by atoms with Crippen molar-refractivity contribution in [1.29, 1.82) is 0 Å². The molecule has 0 spiro atoms. The number of carbonyl (C=O) groups excluding carboxylic acids is 1. The van der Waals surface area contributed by atoms with E-state index < -0.39 is 0 Å². The topological polar surface area (TPSA) is 61.2 Å². The quantitative estimate of drug-likeness (QED) is 0.588. The molecule has 0 unspecified atom stereocenters. The van der Waals surface area contributed by atoms with Crippen LogP contribution in [0.3, 0.4) is 0 Å². The summed E-state index contributed by atoms with van der Waals surface area (Å²) < 4.78 is 18.7. The first kappa shape index (κ1) is 15.7. The summed E-state index contributed by atoms with van der Waals surface area (Å²) in [6.07, 6.45) is 0. The lowest BCUT2D eigenvalue weighted by Crippen LogP contribution is -3.29. The maximum atomic E-state index is 13.4. The predicted octanol–water partition coefficient (Wildman–Crippen LogP) is -2.01. The van der Waals surface area contributed by atoms with Gasteiger partial charge < -0.3 is 20.3 Å². The van der Waals surface area contributed by atoms with Crippen molar-refractivity contribution in [2.45, 2.75) is 19.5 Å². The highest BCUT2D eigenvalue weighted by Gasteiger charge is 2.30. The standard InChI is InChI=1S/C15H22FN3O2/c1-11(15(17)20)19-7-5-18(6-8-19)10-12-9-13(16)3-4-14(12)21-2/h3-4,9,11H,5-8,10H2,1-2H3,(H2,17,20)/p+2/t11-/m0/s1. The third-order valence-corrected chi connectivity index (χ3v) is 4.32. The number of ether oxygens (including phenoxy) is 1. The van der Waals surface area contributed by atoms with E-state index in [1.807, 2.05) is 6.92 Å². The molecule has 1 atom stereocenters. The minimum atomic E-state index is -0.250. The van der Waals surface area contributed by atoms with Crippen LogP contribution in [-0.2, 0) is 11.3 Å². The summed E-state index contributed by atoms with van der Waals surface area (Å²) in [6.45, 7) is 6.28. The Morgan fingerprint density at radius 2 is 2.05 bits per heavy atom. The molecule has 0 bridgehead atoms. The first-order valence-electron chi connectivity index (χ1n) is 7.31. The Morgan fingerprint density at radius 1 is 1.38 bits per heavy atom. The van der Waals surface area contributed by atoms with E-state index >= 15 is 0 Å². The second-order valence-electron chi connectivity index (χ2n) is 5.67. The molecule has 0 saturated carbocycles. The molecule has 1 aliphatic rings. The number of piperazine rings is 1. The summed E-state index contributed by atoms with van der Waals surface area (Å²) in [5, 5.41) is 0. The number of hydrogen-bond donors (Lipinski definition) is 3. The molecule has 0 aliphatic carbocycles. The Labute approximate surface area is 124 Å². The number of carbonyl (C=O) groups is 1. The van der Waals surface area contributed by atoms with Crippen LogP contribution in [0.15, 0.2) is 18.2 Å². The fourth-order valence-electron chi connectivity index (χ4n) is 2.89. The molecule has 1 aliphatic heterocycles. The van der Waals surface area contributed by atoms with Crippen molar-refractivity contribution in [3.63, 3.8) is 0 Å². The van der Waals surface area contributed by atoms with Gasteiger partial charge in [-0.25, -0.2) is 4.39 Å². The van der Waals surface area contributed by atoms with Gasteiger partial charge in [0.1, 0.15) is 44.3 Å². The minimum Gasteiger partial charge on any atom is -0.496 e. The highest BCUT2D eigenvalue weighted by atomic mass is 19.1. The van der Waals surface area contributed by atoms with Crippen LogP contribution >= 0.6 is 0 Å². The molecule has 6 heteroatoms. The van der Waals surface area contributed by atoms with E-state index in [4.69, 9.17) is 10.5 Å². The van der Waals surface area contributed by atoms with Crippen LogP contribution in [0.5, 0.6) is 5.75 Å². The van der Waals surface area contributed by atoms with Gasteiger partial charge in [-0.05, 0) is 25.1 Å². The molecule has 1 fully saturated rings. The molecule has 1 aromatic carbocycles. The van der Waals surface area contributed by atoms with Crippen molar-refractivity contribution in [3.05, 3.63) is 29.6 Å². The number of benzene rings is 1. The monoisotopic (exact) mass is 297 g/mol. The van der Waals surface area contributed by atoms with Crippen molar-refractivity contribution in [2.24, 2.45) is 5.73 Å². The van der Waals surface area contributed by atoms with Gasteiger partial charge in [-0.15, -0.1) is 0 Å². The van der Waals surface area contributed by atoms with Crippen LogP contribution in [0.25, 0.3) is 0 Å². The van der Waals surface area contributed by atoms with E-state index in [0.717, 1.165) is 44.0 Å². The second kappa shape index (κ2) is 6.87. The Kier molecular flexibility index (Phi) is 5.14. The number of quaternary nitrogens is 2. The average molecular weight is 297 g/mol. The van der Waals surface area contributed by atoms with Crippen molar-refractivity contribution < 1.29 is 23.7 Å². The zero-order valence-corrected chi connectivity index (χ0v) is 12.6. The van der Waals surface area contributed by atoms with Crippen LogP contribution in [0, 0.1) is 5.82 Å². The molecule has 5 nitrogen and oxygen atoms in total. The Bertz CT molecular complexity index is 502. The van der Waals surface area contributed by atoms with Crippen molar-refractivity contribution >= 4 is 5.91 Å². The fraction of sp³-hybridized carbons (Fsp3) is 0.533. The summed E-state index contributed by atoms with van der Waals surface area (Å²) in [4.78, 5) is 13.8. The molecule has 0 radical (unpaired) electrons. The first-order valence-corrected chi connectivity index (χ1v) is 7.31. The molecule has 1 heterocycles.